The molecule has 2 nitrogen and oxygen atoms in total. The summed E-state index contributed by atoms with van der Waals surface area (Å²) in [5, 5.41) is 0. The smallest absolute Gasteiger partial charge is 0.247 e. The van der Waals surface area contributed by atoms with E-state index in [1.165, 1.54) is 0 Å². The average Bonchev–Trinajstić information content (AvgIpc) is 2.16. The Balaban J connectivity index is 2.38. The van der Waals surface area contributed by atoms with Crippen molar-refractivity contribution >= 4 is 5.91 Å². The van der Waals surface area contributed by atoms with Crippen molar-refractivity contribution in [1.82, 2.24) is 5.54 Å². The lowest BCUT2D eigenvalue weighted by Crippen LogP contribution is -2.13. The van der Waals surface area contributed by atoms with E-state index in [1.54, 1.807) is 0 Å². The minimum atomic E-state index is -0.571. The van der Waals surface area contributed by atoms with Gasteiger partial charge in [0.25, 0.3) is 0 Å². The molecule has 0 aromatic heterocycles. The molecule has 0 aliphatic rings. The second kappa shape index (κ2) is 4.49. The first-order valence-electron chi connectivity index (χ1n) is 3.76. The van der Waals surface area contributed by atoms with Gasteiger partial charge in [-0.2, -0.15) is 5.54 Å². The summed E-state index contributed by atoms with van der Waals surface area (Å²) in [5.74, 6) is -0.571. The lowest BCUT2D eigenvalue weighted by atomic mass is 10.1. The van der Waals surface area contributed by atoms with Gasteiger partial charge >= 0.3 is 0 Å². The van der Waals surface area contributed by atoms with Gasteiger partial charge in [-0.3, -0.25) is 4.79 Å². The molecular weight excluding hydrogens is 157 g/mol. The zero-order valence-electron chi connectivity index (χ0n) is 6.59. The van der Waals surface area contributed by atoms with E-state index in [0.29, 0.717) is 6.42 Å². The Kier molecular flexibility index (Phi) is 3.26. The minimum absolute atomic E-state index is 0.195. The molecule has 1 N–H and O–H groups in total. The first-order valence-corrected chi connectivity index (χ1v) is 3.76. The Labute approximate surface area is 70.3 Å². The number of nitrogens with one attached hydrogen (secondary N) is 1. The van der Waals surface area contributed by atoms with Gasteiger partial charge in [-0.25, -0.2) is 0 Å². The lowest BCUT2D eigenvalue weighted by molar-refractivity contribution is -0.125. The van der Waals surface area contributed by atoms with Gasteiger partial charge in [0, 0.05) is 6.42 Å². The molecule has 0 atom stereocenters. The molecule has 0 fully saturated rings. The molecule has 0 bridgehead atoms. The fourth-order valence-electron chi connectivity index (χ4n) is 0.950. The summed E-state index contributed by atoms with van der Waals surface area (Å²) in [6, 6.07) is 9.50. The van der Waals surface area contributed by atoms with Crippen molar-refractivity contribution in [3.63, 3.8) is 0 Å². The molecule has 1 aromatic rings. The summed E-state index contributed by atoms with van der Waals surface area (Å²) < 4.78 is 11.5. The van der Waals surface area contributed by atoms with E-state index in [2.05, 4.69) is 0 Å². The maximum absolute atomic E-state index is 11.5. The van der Waals surface area contributed by atoms with Gasteiger partial charge < -0.3 is 0 Å². The minimum Gasteiger partial charge on any atom is -0.273 e. The lowest BCUT2D eigenvalue weighted by Gasteiger charge is -1.97. The summed E-state index contributed by atoms with van der Waals surface area (Å²) in [6.45, 7) is 0. The molecule has 0 saturated carbocycles. The number of rotatable bonds is 3. The fourth-order valence-corrected chi connectivity index (χ4v) is 0.950. The van der Waals surface area contributed by atoms with Crippen molar-refractivity contribution in [3.05, 3.63) is 35.9 Å². The second-order valence-corrected chi connectivity index (χ2v) is 2.50. The first-order chi connectivity index (χ1) is 5.83. The highest BCUT2D eigenvalue weighted by atomic mass is 19.2. The van der Waals surface area contributed by atoms with Crippen molar-refractivity contribution in [2.75, 3.05) is 0 Å². The molecule has 3 heteroatoms. The monoisotopic (exact) mass is 167 g/mol. The van der Waals surface area contributed by atoms with Gasteiger partial charge in [-0.15, -0.1) is 4.48 Å². The molecular formula is C9H10FNO. The van der Waals surface area contributed by atoms with Crippen molar-refractivity contribution in [1.29, 1.82) is 0 Å². The molecule has 0 saturated heterocycles. The third-order valence-electron chi connectivity index (χ3n) is 1.59. The van der Waals surface area contributed by atoms with E-state index >= 15 is 0 Å². The Morgan fingerprint density at radius 1 is 1.33 bits per heavy atom. The maximum atomic E-state index is 11.5. The molecule has 0 aliphatic heterocycles. The summed E-state index contributed by atoms with van der Waals surface area (Å²) in [4.78, 5) is 10.5. The van der Waals surface area contributed by atoms with Gasteiger partial charge in [0.05, 0.1) is 0 Å². The van der Waals surface area contributed by atoms with E-state index in [9.17, 15) is 9.28 Å². The average molecular weight is 167 g/mol. The third-order valence-corrected chi connectivity index (χ3v) is 1.59. The highest BCUT2D eigenvalue weighted by Gasteiger charge is 1.99. The van der Waals surface area contributed by atoms with Crippen LogP contribution >= 0.6 is 0 Å². The largest absolute Gasteiger partial charge is 0.273 e. The van der Waals surface area contributed by atoms with E-state index in [0.717, 1.165) is 11.1 Å². The molecule has 1 amide bonds. The number of carbonyl (C=O) groups excluding carboxylic acids is 1. The summed E-state index contributed by atoms with van der Waals surface area (Å²) in [6.07, 6.45) is 0.775. The molecule has 0 spiro atoms. The summed E-state index contributed by atoms with van der Waals surface area (Å²) >= 11 is 0. The van der Waals surface area contributed by atoms with Crippen molar-refractivity contribution in [2.24, 2.45) is 0 Å². The zero-order chi connectivity index (χ0) is 8.81. The van der Waals surface area contributed by atoms with Crippen LogP contribution in [0, 0.1) is 0 Å². The van der Waals surface area contributed by atoms with Gasteiger partial charge in [0.1, 0.15) is 0 Å². The van der Waals surface area contributed by atoms with Crippen LogP contribution < -0.4 is 5.54 Å². The van der Waals surface area contributed by atoms with Crippen LogP contribution in [0.5, 0.6) is 0 Å². The fraction of sp³-hybridized carbons (Fsp3) is 0.222. The highest BCUT2D eigenvalue weighted by molar-refractivity contribution is 5.74. The molecule has 0 radical (unpaired) electrons. The number of aryl methyl sites for hydroxylation is 1. The Bertz CT molecular complexity index is 248. The van der Waals surface area contributed by atoms with Gasteiger partial charge in [0.15, 0.2) is 0 Å². The predicted octanol–water partition coefficient (Wildman–Crippen LogP) is 1.62. The number of amides is 1. The Morgan fingerprint density at radius 2 is 2.00 bits per heavy atom. The van der Waals surface area contributed by atoms with E-state index in [-0.39, 0.29) is 6.42 Å². The van der Waals surface area contributed by atoms with Crippen LogP contribution in [0.3, 0.4) is 0 Å². The Hall–Kier alpha value is -1.38. The molecule has 0 unspecified atom stereocenters. The summed E-state index contributed by atoms with van der Waals surface area (Å²) in [5.41, 5.74) is 2.14. The van der Waals surface area contributed by atoms with Gasteiger partial charge in [0.2, 0.25) is 5.91 Å². The molecule has 0 heterocycles. The molecule has 1 rings (SSSR count). The molecule has 64 valence electrons. The molecule has 0 aliphatic carbocycles. The topological polar surface area (TPSA) is 29.1 Å². The number of hydrogen-bond donors (Lipinski definition) is 1. The van der Waals surface area contributed by atoms with E-state index in [1.807, 2.05) is 30.3 Å². The van der Waals surface area contributed by atoms with Gasteiger partial charge in [-0.1, -0.05) is 30.3 Å². The van der Waals surface area contributed by atoms with Crippen molar-refractivity contribution < 1.29 is 9.28 Å². The highest BCUT2D eigenvalue weighted by Crippen LogP contribution is 2.01. The van der Waals surface area contributed by atoms with Crippen LogP contribution in [0.2, 0.25) is 0 Å². The van der Waals surface area contributed by atoms with Crippen LogP contribution in [-0.2, 0) is 11.2 Å². The molecule has 1 aromatic carbocycles. The quantitative estimate of drug-likeness (QED) is 0.681. The van der Waals surface area contributed by atoms with Crippen LogP contribution in [0.4, 0.5) is 4.48 Å². The maximum Gasteiger partial charge on any atom is 0.247 e. The van der Waals surface area contributed by atoms with Gasteiger partial charge in [-0.05, 0) is 12.0 Å². The standard InChI is InChI=1S/C9H10FNO/c10-11-9(12)7-6-8-4-2-1-3-5-8/h1-5H,6-7H2,(H,11,12). The van der Waals surface area contributed by atoms with Crippen LogP contribution in [0.15, 0.2) is 30.3 Å². The summed E-state index contributed by atoms with van der Waals surface area (Å²) in [7, 11) is 0. The van der Waals surface area contributed by atoms with Crippen LogP contribution in [0.1, 0.15) is 12.0 Å². The normalized spacial score (nSPS) is 9.42. The van der Waals surface area contributed by atoms with Crippen LogP contribution in [0.25, 0.3) is 0 Å². The number of halogens is 1. The Morgan fingerprint density at radius 3 is 2.58 bits per heavy atom. The third kappa shape index (κ3) is 2.70. The number of benzene rings is 1. The number of hydrogen-bond acceptors (Lipinski definition) is 1. The SMILES string of the molecule is O=C(CCc1ccccc1)NF. The van der Waals surface area contributed by atoms with Crippen molar-refractivity contribution in [2.45, 2.75) is 12.8 Å². The van der Waals surface area contributed by atoms with Crippen molar-refractivity contribution in [3.8, 4) is 0 Å². The van der Waals surface area contributed by atoms with E-state index in [4.69, 9.17) is 0 Å². The van der Waals surface area contributed by atoms with Crippen LogP contribution in [-0.4, -0.2) is 5.91 Å². The number of carbonyl (C=O) groups is 1. The first kappa shape index (κ1) is 8.71. The zero-order valence-corrected chi connectivity index (χ0v) is 6.59. The molecule has 12 heavy (non-hydrogen) atoms. The second-order valence-electron chi connectivity index (χ2n) is 2.50. The predicted molar refractivity (Wildman–Crippen MR) is 44.0 cm³/mol. The van der Waals surface area contributed by atoms with E-state index < -0.39 is 5.91 Å².